The first-order chi connectivity index (χ1) is 8.93. The molecule has 0 bridgehead atoms. The average molecular weight is 264 g/mol. The Morgan fingerprint density at radius 2 is 2.16 bits per heavy atom. The molecule has 104 valence electrons. The zero-order valence-corrected chi connectivity index (χ0v) is 11.8. The summed E-state index contributed by atoms with van der Waals surface area (Å²) in [5, 5.41) is 8.17. The molecular weight excluding hydrogens is 243 g/mol. The smallest absolute Gasteiger partial charge is 0.128 e. The van der Waals surface area contributed by atoms with Crippen molar-refractivity contribution in [3.63, 3.8) is 0 Å². The van der Waals surface area contributed by atoms with Gasteiger partial charge in [-0.1, -0.05) is 19.9 Å². The Kier molecular flexibility index (Phi) is 3.90. The third-order valence-corrected chi connectivity index (χ3v) is 3.61. The highest BCUT2D eigenvalue weighted by Crippen LogP contribution is 2.29. The molecule has 0 amide bonds. The van der Waals surface area contributed by atoms with Crippen LogP contribution in [0.5, 0.6) is 0 Å². The molecule has 1 heterocycles. The van der Waals surface area contributed by atoms with Gasteiger partial charge in [0, 0.05) is 32.4 Å². The van der Waals surface area contributed by atoms with Crippen molar-refractivity contribution < 1.29 is 9.13 Å². The van der Waals surface area contributed by atoms with Crippen LogP contribution in [0, 0.1) is 16.6 Å². The number of hydrogen-bond donors (Lipinski definition) is 1. The SMILES string of the molecule is COCCC(C)(C)CN1Cc2ccc(F)cc2C1=N. The fourth-order valence-corrected chi connectivity index (χ4v) is 2.47. The largest absolute Gasteiger partial charge is 0.385 e. The van der Waals surface area contributed by atoms with Crippen LogP contribution in [0.3, 0.4) is 0 Å². The van der Waals surface area contributed by atoms with E-state index in [1.54, 1.807) is 13.2 Å². The molecule has 0 saturated heterocycles. The van der Waals surface area contributed by atoms with E-state index in [0.717, 1.165) is 30.7 Å². The van der Waals surface area contributed by atoms with Crippen molar-refractivity contribution in [3.05, 3.63) is 35.1 Å². The van der Waals surface area contributed by atoms with Crippen molar-refractivity contribution in [3.8, 4) is 0 Å². The molecule has 3 nitrogen and oxygen atoms in total. The second-order valence-electron chi connectivity index (χ2n) is 5.91. The van der Waals surface area contributed by atoms with Gasteiger partial charge in [0.1, 0.15) is 11.7 Å². The molecule has 0 atom stereocenters. The van der Waals surface area contributed by atoms with Crippen LogP contribution in [0.4, 0.5) is 4.39 Å². The number of rotatable bonds is 5. The monoisotopic (exact) mass is 264 g/mol. The third-order valence-electron chi connectivity index (χ3n) is 3.61. The summed E-state index contributed by atoms with van der Waals surface area (Å²) < 4.78 is 18.4. The van der Waals surface area contributed by atoms with Crippen molar-refractivity contribution in [1.82, 2.24) is 4.90 Å². The topological polar surface area (TPSA) is 36.3 Å². The highest BCUT2D eigenvalue weighted by atomic mass is 19.1. The van der Waals surface area contributed by atoms with Crippen LogP contribution in [-0.2, 0) is 11.3 Å². The van der Waals surface area contributed by atoms with Crippen LogP contribution >= 0.6 is 0 Å². The zero-order valence-electron chi connectivity index (χ0n) is 11.8. The Bertz CT molecular complexity index is 485. The standard InChI is InChI=1S/C15H21FN2O/c1-15(2,6-7-19-3)10-18-9-11-4-5-12(16)8-13(11)14(18)17/h4-5,8,17H,6-7,9-10H2,1-3H3. The zero-order chi connectivity index (χ0) is 14.0. The summed E-state index contributed by atoms with van der Waals surface area (Å²) in [4.78, 5) is 2.01. The molecule has 0 fully saturated rings. The highest BCUT2D eigenvalue weighted by molar-refractivity contribution is 6.00. The second-order valence-corrected chi connectivity index (χ2v) is 5.91. The quantitative estimate of drug-likeness (QED) is 0.887. The van der Waals surface area contributed by atoms with E-state index < -0.39 is 0 Å². The molecule has 1 N–H and O–H groups in total. The van der Waals surface area contributed by atoms with Crippen molar-refractivity contribution in [2.45, 2.75) is 26.8 Å². The summed E-state index contributed by atoms with van der Waals surface area (Å²) in [5.74, 6) is 0.156. The van der Waals surface area contributed by atoms with Gasteiger partial charge in [0.25, 0.3) is 0 Å². The van der Waals surface area contributed by atoms with Crippen molar-refractivity contribution in [1.29, 1.82) is 5.41 Å². The van der Waals surface area contributed by atoms with E-state index >= 15 is 0 Å². The maximum atomic E-state index is 13.2. The van der Waals surface area contributed by atoms with E-state index in [1.807, 2.05) is 4.90 Å². The van der Waals surface area contributed by atoms with Crippen LogP contribution in [0.25, 0.3) is 0 Å². The van der Waals surface area contributed by atoms with E-state index in [-0.39, 0.29) is 11.2 Å². The third kappa shape index (κ3) is 3.13. The predicted molar refractivity (Wildman–Crippen MR) is 73.9 cm³/mol. The lowest BCUT2D eigenvalue weighted by atomic mass is 9.89. The summed E-state index contributed by atoms with van der Waals surface area (Å²) in [7, 11) is 1.70. The van der Waals surface area contributed by atoms with Gasteiger partial charge >= 0.3 is 0 Å². The van der Waals surface area contributed by atoms with Gasteiger partial charge in [-0.2, -0.15) is 0 Å². The van der Waals surface area contributed by atoms with Gasteiger partial charge in [-0.25, -0.2) is 4.39 Å². The van der Waals surface area contributed by atoms with Gasteiger partial charge in [0.05, 0.1) is 0 Å². The molecule has 2 rings (SSSR count). The minimum absolute atomic E-state index is 0.0723. The maximum absolute atomic E-state index is 13.2. The van der Waals surface area contributed by atoms with Crippen molar-refractivity contribution in [2.75, 3.05) is 20.3 Å². The lowest BCUT2D eigenvalue weighted by Crippen LogP contribution is -2.35. The molecule has 0 aromatic heterocycles. The minimum atomic E-state index is -0.274. The number of nitrogens with zero attached hydrogens (tertiary/aromatic N) is 1. The van der Waals surface area contributed by atoms with Gasteiger partial charge < -0.3 is 9.64 Å². The summed E-state index contributed by atoms with van der Waals surface area (Å²) >= 11 is 0. The van der Waals surface area contributed by atoms with Crippen LogP contribution in [0.2, 0.25) is 0 Å². The first-order valence-electron chi connectivity index (χ1n) is 6.54. The van der Waals surface area contributed by atoms with E-state index in [4.69, 9.17) is 10.1 Å². The normalized spacial score (nSPS) is 14.9. The highest BCUT2D eigenvalue weighted by Gasteiger charge is 2.29. The van der Waals surface area contributed by atoms with Gasteiger partial charge in [0.2, 0.25) is 0 Å². The van der Waals surface area contributed by atoms with Crippen LogP contribution in [0.1, 0.15) is 31.4 Å². The molecule has 1 aromatic rings. The first kappa shape index (κ1) is 14.0. The number of ether oxygens (including phenoxy) is 1. The van der Waals surface area contributed by atoms with E-state index in [1.165, 1.54) is 12.1 Å². The van der Waals surface area contributed by atoms with E-state index in [2.05, 4.69) is 13.8 Å². The Morgan fingerprint density at radius 1 is 1.42 bits per heavy atom. The van der Waals surface area contributed by atoms with Gasteiger partial charge in [-0.05, 0) is 29.5 Å². The lowest BCUT2D eigenvalue weighted by Gasteiger charge is -2.31. The van der Waals surface area contributed by atoms with Gasteiger partial charge in [-0.15, -0.1) is 0 Å². The lowest BCUT2D eigenvalue weighted by molar-refractivity contribution is 0.136. The molecule has 1 aliphatic rings. The molecule has 0 spiro atoms. The van der Waals surface area contributed by atoms with Crippen LogP contribution in [-0.4, -0.2) is 31.0 Å². The summed E-state index contributed by atoms with van der Waals surface area (Å²) in [6.07, 6.45) is 0.942. The maximum Gasteiger partial charge on any atom is 0.128 e. The molecule has 0 aliphatic carbocycles. The molecule has 0 unspecified atom stereocenters. The number of benzene rings is 1. The number of nitrogens with one attached hydrogen (secondary N) is 1. The Balaban J connectivity index is 2.07. The Morgan fingerprint density at radius 3 is 2.84 bits per heavy atom. The van der Waals surface area contributed by atoms with Crippen molar-refractivity contribution >= 4 is 5.84 Å². The summed E-state index contributed by atoms with van der Waals surface area (Å²) in [6.45, 7) is 6.54. The number of amidine groups is 1. The predicted octanol–water partition coefficient (Wildman–Crippen LogP) is 3.03. The molecule has 0 saturated carbocycles. The van der Waals surface area contributed by atoms with E-state index in [9.17, 15) is 4.39 Å². The minimum Gasteiger partial charge on any atom is -0.385 e. The first-order valence-corrected chi connectivity index (χ1v) is 6.54. The number of fused-ring (bicyclic) bond motifs is 1. The van der Waals surface area contributed by atoms with Crippen LogP contribution < -0.4 is 0 Å². The van der Waals surface area contributed by atoms with Crippen LogP contribution in [0.15, 0.2) is 18.2 Å². The molecule has 19 heavy (non-hydrogen) atoms. The molecule has 1 aliphatic heterocycles. The Labute approximate surface area is 113 Å². The Hall–Kier alpha value is -1.42. The molecule has 4 heteroatoms. The second kappa shape index (κ2) is 5.29. The summed E-state index contributed by atoms with van der Waals surface area (Å²) in [5.41, 5.74) is 1.83. The van der Waals surface area contributed by atoms with Crippen molar-refractivity contribution in [2.24, 2.45) is 5.41 Å². The fourth-order valence-electron chi connectivity index (χ4n) is 2.47. The number of methoxy groups -OCH3 is 1. The van der Waals surface area contributed by atoms with Gasteiger partial charge in [0.15, 0.2) is 0 Å². The number of halogens is 1. The molecule has 0 radical (unpaired) electrons. The van der Waals surface area contributed by atoms with E-state index in [0.29, 0.717) is 12.4 Å². The molecular formula is C15H21FN2O. The average Bonchev–Trinajstić information content (AvgIpc) is 2.64. The number of hydrogen-bond acceptors (Lipinski definition) is 2. The molecule has 1 aromatic carbocycles. The summed E-state index contributed by atoms with van der Waals surface area (Å²) in [6, 6.07) is 4.70. The fraction of sp³-hybridized carbons (Fsp3) is 0.533. The van der Waals surface area contributed by atoms with Gasteiger partial charge in [-0.3, -0.25) is 5.41 Å².